The van der Waals surface area contributed by atoms with Crippen LogP contribution in [-0.4, -0.2) is 11.6 Å². The molecular weight excluding hydrogens is 186 g/mol. The Labute approximate surface area is 92.6 Å². The molecule has 0 heterocycles. The number of nitrogens with one attached hydrogen (secondary N) is 1. The van der Waals surface area contributed by atoms with Crippen LogP contribution in [0, 0.1) is 0 Å². The zero-order valence-corrected chi connectivity index (χ0v) is 10.3. The second-order valence-electron chi connectivity index (χ2n) is 5.07. The summed E-state index contributed by atoms with van der Waals surface area (Å²) in [6, 6.07) is 8.08. The summed E-state index contributed by atoms with van der Waals surface area (Å²) in [6.07, 6.45) is 0.228. The minimum absolute atomic E-state index is 0.0976. The van der Waals surface area contributed by atoms with Gasteiger partial charge in [0.25, 0.3) is 0 Å². The maximum Gasteiger partial charge on any atom is 0.119 e. The van der Waals surface area contributed by atoms with Gasteiger partial charge in [-0.3, -0.25) is 0 Å². The van der Waals surface area contributed by atoms with Crippen molar-refractivity contribution in [2.75, 3.05) is 5.32 Å². The summed E-state index contributed by atoms with van der Waals surface area (Å²) in [6.45, 7) is 10.5. The van der Waals surface area contributed by atoms with E-state index < -0.39 is 0 Å². The predicted octanol–water partition coefficient (Wildman–Crippen LogP) is 3.68. The SMILES string of the molecule is CC(C)Oc1ccc(NC(C)(C)C)cc1. The van der Waals surface area contributed by atoms with Crippen LogP contribution >= 0.6 is 0 Å². The number of anilines is 1. The van der Waals surface area contributed by atoms with E-state index >= 15 is 0 Å². The zero-order chi connectivity index (χ0) is 11.5. The topological polar surface area (TPSA) is 21.3 Å². The van der Waals surface area contributed by atoms with Crippen LogP contribution in [0.5, 0.6) is 5.75 Å². The van der Waals surface area contributed by atoms with Crippen LogP contribution < -0.4 is 10.1 Å². The van der Waals surface area contributed by atoms with Crippen LogP contribution in [0.25, 0.3) is 0 Å². The van der Waals surface area contributed by atoms with Crippen LogP contribution in [0.15, 0.2) is 24.3 Å². The maximum atomic E-state index is 5.57. The van der Waals surface area contributed by atoms with Crippen molar-refractivity contribution in [1.82, 2.24) is 0 Å². The lowest BCUT2D eigenvalue weighted by atomic mass is 10.1. The highest BCUT2D eigenvalue weighted by atomic mass is 16.5. The number of rotatable bonds is 3. The van der Waals surface area contributed by atoms with E-state index in [0.29, 0.717) is 0 Å². The molecule has 84 valence electrons. The molecule has 1 rings (SSSR count). The fourth-order valence-electron chi connectivity index (χ4n) is 1.32. The maximum absolute atomic E-state index is 5.57. The zero-order valence-electron chi connectivity index (χ0n) is 10.3. The lowest BCUT2D eigenvalue weighted by Gasteiger charge is -2.22. The van der Waals surface area contributed by atoms with Gasteiger partial charge in [-0.1, -0.05) is 0 Å². The summed E-state index contributed by atoms with van der Waals surface area (Å²) in [5.74, 6) is 0.921. The summed E-state index contributed by atoms with van der Waals surface area (Å²) in [5.41, 5.74) is 1.22. The molecule has 1 aromatic carbocycles. The lowest BCUT2D eigenvalue weighted by Crippen LogP contribution is -2.25. The van der Waals surface area contributed by atoms with Crippen LogP contribution in [0.3, 0.4) is 0 Å². The van der Waals surface area contributed by atoms with Gasteiger partial charge in [-0.05, 0) is 58.9 Å². The first-order valence-corrected chi connectivity index (χ1v) is 5.42. The molecule has 0 unspecified atom stereocenters. The van der Waals surface area contributed by atoms with Crippen LogP contribution in [-0.2, 0) is 0 Å². The smallest absolute Gasteiger partial charge is 0.119 e. The Morgan fingerprint density at radius 2 is 1.60 bits per heavy atom. The van der Waals surface area contributed by atoms with Gasteiger partial charge < -0.3 is 10.1 Å². The minimum Gasteiger partial charge on any atom is -0.491 e. The van der Waals surface area contributed by atoms with Gasteiger partial charge in [-0.2, -0.15) is 0 Å². The molecule has 0 radical (unpaired) electrons. The Bertz CT molecular complexity index is 295. The molecule has 0 bridgehead atoms. The van der Waals surface area contributed by atoms with Crippen molar-refractivity contribution in [2.45, 2.75) is 46.3 Å². The average Bonchev–Trinajstić information content (AvgIpc) is 2.05. The van der Waals surface area contributed by atoms with Gasteiger partial charge in [0.2, 0.25) is 0 Å². The van der Waals surface area contributed by atoms with Crippen LogP contribution in [0.1, 0.15) is 34.6 Å². The van der Waals surface area contributed by atoms with E-state index in [0.717, 1.165) is 11.4 Å². The van der Waals surface area contributed by atoms with Crippen molar-refractivity contribution in [3.8, 4) is 5.75 Å². The molecule has 2 heteroatoms. The van der Waals surface area contributed by atoms with Crippen molar-refractivity contribution in [2.24, 2.45) is 0 Å². The minimum atomic E-state index is 0.0976. The second kappa shape index (κ2) is 4.56. The Kier molecular flexibility index (Phi) is 3.61. The van der Waals surface area contributed by atoms with Gasteiger partial charge in [0.15, 0.2) is 0 Å². The van der Waals surface area contributed by atoms with Crippen molar-refractivity contribution < 1.29 is 4.74 Å². The van der Waals surface area contributed by atoms with Gasteiger partial charge in [0.05, 0.1) is 6.10 Å². The molecule has 2 nitrogen and oxygen atoms in total. The van der Waals surface area contributed by atoms with E-state index in [1.807, 2.05) is 38.1 Å². The largest absolute Gasteiger partial charge is 0.491 e. The molecule has 0 saturated heterocycles. The lowest BCUT2D eigenvalue weighted by molar-refractivity contribution is 0.242. The standard InChI is InChI=1S/C13H21NO/c1-10(2)15-12-8-6-11(7-9-12)14-13(3,4)5/h6-10,14H,1-5H3. The molecule has 0 aliphatic heterocycles. The van der Waals surface area contributed by atoms with Crippen molar-refractivity contribution >= 4 is 5.69 Å². The van der Waals surface area contributed by atoms with E-state index in [2.05, 4.69) is 26.1 Å². The molecule has 0 amide bonds. The van der Waals surface area contributed by atoms with Gasteiger partial charge >= 0.3 is 0 Å². The predicted molar refractivity (Wildman–Crippen MR) is 65.6 cm³/mol. The third-order valence-electron chi connectivity index (χ3n) is 1.75. The van der Waals surface area contributed by atoms with E-state index in [9.17, 15) is 0 Å². The van der Waals surface area contributed by atoms with Crippen molar-refractivity contribution in [1.29, 1.82) is 0 Å². The van der Waals surface area contributed by atoms with Gasteiger partial charge in [-0.25, -0.2) is 0 Å². The molecule has 1 aromatic rings. The monoisotopic (exact) mass is 207 g/mol. The molecule has 0 saturated carbocycles. The van der Waals surface area contributed by atoms with Gasteiger partial charge in [0.1, 0.15) is 5.75 Å². The molecule has 0 aliphatic carbocycles. The molecule has 0 aromatic heterocycles. The van der Waals surface area contributed by atoms with E-state index in [1.165, 1.54) is 0 Å². The second-order valence-corrected chi connectivity index (χ2v) is 5.07. The fourth-order valence-corrected chi connectivity index (χ4v) is 1.32. The molecule has 0 atom stereocenters. The van der Waals surface area contributed by atoms with Crippen LogP contribution in [0.4, 0.5) is 5.69 Å². The van der Waals surface area contributed by atoms with Crippen molar-refractivity contribution in [3.63, 3.8) is 0 Å². The molecule has 1 N–H and O–H groups in total. The highest BCUT2D eigenvalue weighted by Gasteiger charge is 2.08. The summed E-state index contributed by atoms with van der Waals surface area (Å²) in [5, 5.41) is 3.41. The molecule has 0 aliphatic rings. The van der Waals surface area contributed by atoms with Gasteiger partial charge in [0, 0.05) is 11.2 Å². The molecular formula is C13H21NO. The summed E-state index contributed by atoms with van der Waals surface area (Å²) < 4.78 is 5.57. The first-order valence-electron chi connectivity index (χ1n) is 5.42. The Balaban J connectivity index is 2.64. The number of hydrogen-bond acceptors (Lipinski definition) is 2. The molecule has 15 heavy (non-hydrogen) atoms. The number of ether oxygens (including phenoxy) is 1. The number of hydrogen-bond donors (Lipinski definition) is 1. The Morgan fingerprint density at radius 1 is 1.07 bits per heavy atom. The number of benzene rings is 1. The van der Waals surface area contributed by atoms with Crippen LogP contribution in [0.2, 0.25) is 0 Å². The Morgan fingerprint density at radius 3 is 2.00 bits per heavy atom. The highest BCUT2D eigenvalue weighted by Crippen LogP contribution is 2.19. The molecule has 0 fully saturated rings. The highest BCUT2D eigenvalue weighted by molar-refractivity contribution is 5.47. The third kappa shape index (κ3) is 4.73. The quantitative estimate of drug-likeness (QED) is 0.816. The first kappa shape index (κ1) is 11.9. The Hall–Kier alpha value is -1.18. The van der Waals surface area contributed by atoms with E-state index in [4.69, 9.17) is 4.74 Å². The summed E-state index contributed by atoms with van der Waals surface area (Å²) >= 11 is 0. The summed E-state index contributed by atoms with van der Waals surface area (Å²) in [7, 11) is 0. The normalized spacial score (nSPS) is 11.6. The first-order chi connectivity index (χ1) is 6.87. The molecule has 0 spiro atoms. The third-order valence-corrected chi connectivity index (χ3v) is 1.75. The van der Waals surface area contributed by atoms with Crippen molar-refractivity contribution in [3.05, 3.63) is 24.3 Å². The van der Waals surface area contributed by atoms with E-state index in [1.54, 1.807) is 0 Å². The summed E-state index contributed by atoms with van der Waals surface area (Å²) in [4.78, 5) is 0. The van der Waals surface area contributed by atoms with E-state index in [-0.39, 0.29) is 11.6 Å². The average molecular weight is 207 g/mol. The fraction of sp³-hybridized carbons (Fsp3) is 0.538. The van der Waals surface area contributed by atoms with Gasteiger partial charge in [-0.15, -0.1) is 0 Å².